The maximum atomic E-state index is 12.5. The topological polar surface area (TPSA) is 89.6 Å². The first-order valence-electron chi connectivity index (χ1n) is 8.58. The van der Waals surface area contributed by atoms with Crippen LogP contribution in [-0.4, -0.2) is 29.0 Å². The summed E-state index contributed by atoms with van der Waals surface area (Å²) in [4.78, 5) is 24.6. The third-order valence-corrected chi connectivity index (χ3v) is 4.43. The summed E-state index contributed by atoms with van der Waals surface area (Å²) < 4.78 is 5.19. The predicted molar refractivity (Wildman–Crippen MR) is 97.4 cm³/mol. The molecule has 0 bridgehead atoms. The van der Waals surface area contributed by atoms with E-state index in [1.165, 1.54) is 0 Å². The Bertz CT molecular complexity index is 814. The molecule has 134 valence electrons. The van der Waals surface area contributed by atoms with Crippen molar-refractivity contribution in [3.63, 3.8) is 0 Å². The fraction of sp³-hybridized carbons (Fsp3) is 0.238. The minimum atomic E-state index is -0.907. The molecule has 3 rings (SSSR count). The SMILES string of the molecule is N[C@H](Cc1ccccc1)C(=O)C1=C(O)[C@@H](CCc2ccccc2)OC1=O. The van der Waals surface area contributed by atoms with E-state index < -0.39 is 23.9 Å². The van der Waals surface area contributed by atoms with E-state index >= 15 is 0 Å². The van der Waals surface area contributed by atoms with Crippen molar-refractivity contribution in [2.75, 3.05) is 0 Å². The lowest BCUT2D eigenvalue weighted by Gasteiger charge is -2.10. The summed E-state index contributed by atoms with van der Waals surface area (Å²) in [7, 11) is 0. The van der Waals surface area contributed by atoms with Crippen LogP contribution in [0.3, 0.4) is 0 Å². The van der Waals surface area contributed by atoms with Gasteiger partial charge >= 0.3 is 5.97 Å². The van der Waals surface area contributed by atoms with Gasteiger partial charge in [-0.2, -0.15) is 0 Å². The maximum absolute atomic E-state index is 12.5. The lowest BCUT2D eigenvalue weighted by atomic mass is 9.97. The summed E-state index contributed by atoms with van der Waals surface area (Å²) in [5, 5.41) is 10.3. The van der Waals surface area contributed by atoms with Gasteiger partial charge in [-0.05, 0) is 30.4 Å². The van der Waals surface area contributed by atoms with Crippen LogP contribution in [0.2, 0.25) is 0 Å². The largest absolute Gasteiger partial charge is 0.507 e. The van der Waals surface area contributed by atoms with Gasteiger partial charge in [0.15, 0.2) is 17.6 Å². The first kappa shape index (κ1) is 17.9. The molecule has 0 aliphatic carbocycles. The third-order valence-electron chi connectivity index (χ3n) is 4.43. The zero-order valence-corrected chi connectivity index (χ0v) is 14.3. The van der Waals surface area contributed by atoms with Gasteiger partial charge in [0.1, 0.15) is 5.57 Å². The maximum Gasteiger partial charge on any atom is 0.346 e. The highest BCUT2D eigenvalue weighted by Crippen LogP contribution is 2.26. The van der Waals surface area contributed by atoms with Crippen molar-refractivity contribution < 1.29 is 19.4 Å². The van der Waals surface area contributed by atoms with Gasteiger partial charge in [-0.25, -0.2) is 4.79 Å². The average molecular weight is 351 g/mol. The Morgan fingerprint density at radius 1 is 1.04 bits per heavy atom. The summed E-state index contributed by atoms with van der Waals surface area (Å²) >= 11 is 0. The molecule has 0 saturated carbocycles. The number of carbonyl (C=O) groups excluding carboxylic acids is 2. The highest BCUT2D eigenvalue weighted by Gasteiger charge is 2.39. The van der Waals surface area contributed by atoms with Crippen LogP contribution >= 0.6 is 0 Å². The van der Waals surface area contributed by atoms with E-state index in [1.54, 1.807) is 0 Å². The van der Waals surface area contributed by atoms with Gasteiger partial charge < -0.3 is 15.6 Å². The Balaban J connectivity index is 1.68. The molecule has 0 saturated heterocycles. The first-order chi connectivity index (χ1) is 12.6. The standard InChI is InChI=1S/C21H21NO4/c22-16(13-15-9-5-2-6-10-15)19(23)18-20(24)17(26-21(18)25)12-11-14-7-3-1-4-8-14/h1-10,16-17,24H,11-13,22H2/t16-,17-/m1/s1. The molecule has 0 amide bonds. The second-order valence-electron chi connectivity index (χ2n) is 6.34. The third kappa shape index (κ3) is 4.00. The second-order valence-corrected chi connectivity index (χ2v) is 6.34. The van der Waals surface area contributed by atoms with Gasteiger partial charge in [-0.3, -0.25) is 4.79 Å². The van der Waals surface area contributed by atoms with Crippen molar-refractivity contribution in [1.29, 1.82) is 0 Å². The smallest absolute Gasteiger partial charge is 0.346 e. The van der Waals surface area contributed by atoms with Crippen molar-refractivity contribution in [1.82, 2.24) is 0 Å². The number of carbonyl (C=O) groups is 2. The molecule has 0 radical (unpaired) electrons. The number of aryl methyl sites for hydroxylation is 1. The number of nitrogens with two attached hydrogens (primary N) is 1. The molecular formula is C21H21NO4. The molecule has 2 aromatic rings. The Morgan fingerprint density at radius 3 is 2.23 bits per heavy atom. The fourth-order valence-corrected chi connectivity index (χ4v) is 3.02. The monoisotopic (exact) mass is 351 g/mol. The molecule has 1 aliphatic heterocycles. The van der Waals surface area contributed by atoms with Crippen molar-refractivity contribution in [3.8, 4) is 0 Å². The van der Waals surface area contributed by atoms with Gasteiger partial charge in [0.05, 0.1) is 6.04 Å². The number of hydrogen-bond acceptors (Lipinski definition) is 5. The van der Waals surface area contributed by atoms with Crippen LogP contribution in [0.25, 0.3) is 0 Å². The number of Topliss-reactive ketones (excluding diaryl/α,β-unsaturated/α-hetero) is 1. The number of aliphatic hydroxyl groups excluding tert-OH is 1. The summed E-state index contributed by atoms with van der Waals surface area (Å²) in [5.74, 6) is -1.69. The van der Waals surface area contributed by atoms with Crippen LogP contribution in [-0.2, 0) is 27.2 Å². The normalized spacial score (nSPS) is 17.9. The second kappa shape index (κ2) is 7.97. The Hall–Kier alpha value is -2.92. The van der Waals surface area contributed by atoms with Gasteiger partial charge in [0.2, 0.25) is 0 Å². The van der Waals surface area contributed by atoms with Crippen molar-refractivity contribution in [3.05, 3.63) is 83.1 Å². The Labute approximate surface area is 152 Å². The van der Waals surface area contributed by atoms with Crippen molar-refractivity contribution in [2.24, 2.45) is 5.73 Å². The molecule has 26 heavy (non-hydrogen) atoms. The minimum absolute atomic E-state index is 0.290. The fourth-order valence-electron chi connectivity index (χ4n) is 3.02. The van der Waals surface area contributed by atoms with Crippen molar-refractivity contribution in [2.45, 2.75) is 31.4 Å². The van der Waals surface area contributed by atoms with Gasteiger partial charge in [0, 0.05) is 0 Å². The highest BCUT2D eigenvalue weighted by atomic mass is 16.6. The molecule has 0 fully saturated rings. The quantitative estimate of drug-likeness (QED) is 0.591. The highest BCUT2D eigenvalue weighted by molar-refractivity contribution is 6.20. The first-order valence-corrected chi connectivity index (χ1v) is 8.58. The summed E-state index contributed by atoms with van der Waals surface area (Å²) in [6.07, 6.45) is 0.524. The number of aliphatic hydroxyl groups is 1. The van der Waals surface area contributed by atoms with E-state index in [0.29, 0.717) is 19.3 Å². The number of cyclic esters (lactones) is 1. The number of rotatable bonds is 7. The van der Waals surface area contributed by atoms with Gasteiger partial charge in [0.25, 0.3) is 0 Å². The number of esters is 1. The Morgan fingerprint density at radius 2 is 1.62 bits per heavy atom. The summed E-state index contributed by atoms with van der Waals surface area (Å²) in [5.41, 5.74) is 7.60. The van der Waals surface area contributed by atoms with Crippen LogP contribution in [0.1, 0.15) is 17.5 Å². The number of benzene rings is 2. The average Bonchev–Trinajstić information content (AvgIpc) is 2.94. The molecule has 1 heterocycles. The van der Waals surface area contributed by atoms with Crippen LogP contribution in [0.15, 0.2) is 72.0 Å². The van der Waals surface area contributed by atoms with E-state index in [4.69, 9.17) is 10.5 Å². The van der Waals surface area contributed by atoms with Crippen LogP contribution < -0.4 is 5.73 Å². The molecule has 2 aromatic carbocycles. The predicted octanol–water partition coefficient (Wildman–Crippen LogP) is 2.50. The number of hydrogen-bond donors (Lipinski definition) is 2. The van der Waals surface area contributed by atoms with Crippen LogP contribution in [0.5, 0.6) is 0 Å². The number of ether oxygens (including phenoxy) is 1. The molecule has 5 heteroatoms. The van der Waals surface area contributed by atoms with E-state index in [2.05, 4.69) is 0 Å². The summed E-state index contributed by atoms with van der Waals surface area (Å²) in [6, 6.07) is 18.1. The summed E-state index contributed by atoms with van der Waals surface area (Å²) in [6.45, 7) is 0. The Kier molecular flexibility index (Phi) is 5.49. The molecule has 2 atom stereocenters. The number of ketones is 1. The molecule has 0 spiro atoms. The lowest BCUT2D eigenvalue weighted by Crippen LogP contribution is -2.35. The molecule has 0 unspecified atom stereocenters. The van der Waals surface area contributed by atoms with Crippen LogP contribution in [0, 0.1) is 0 Å². The van der Waals surface area contributed by atoms with E-state index in [9.17, 15) is 14.7 Å². The molecular weight excluding hydrogens is 330 g/mol. The van der Waals surface area contributed by atoms with Crippen LogP contribution in [0.4, 0.5) is 0 Å². The van der Waals surface area contributed by atoms with Gasteiger partial charge in [-0.1, -0.05) is 60.7 Å². The van der Waals surface area contributed by atoms with E-state index in [-0.39, 0.29) is 11.3 Å². The van der Waals surface area contributed by atoms with Crippen molar-refractivity contribution >= 4 is 11.8 Å². The molecule has 5 nitrogen and oxygen atoms in total. The zero-order chi connectivity index (χ0) is 18.5. The lowest BCUT2D eigenvalue weighted by molar-refractivity contribution is -0.141. The van der Waals surface area contributed by atoms with E-state index in [0.717, 1.165) is 11.1 Å². The molecule has 0 aromatic heterocycles. The molecule has 1 aliphatic rings. The van der Waals surface area contributed by atoms with E-state index in [1.807, 2.05) is 60.7 Å². The zero-order valence-electron chi connectivity index (χ0n) is 14.3. The molecule has 3 N–H and O–H groups in total. The minimum Gasteiger partial charge on any atom is -0.507 e. The van der Waals surface area contributed by atoms with Gasteiger partial charge in [-0.15, -0.1) is 0 Å².